The number of nitrogens with zero attached hydrogens (tertiary/aromatic N) is 2. The van der Waals surface area contributed by atoms with E-state index in [1.165, 1.54) is 30.1 Å². The van der Waals surface area contributed by atoms with Gasteiger partial charge in [-0.15, -0.1) is 0 Å². The van der Waals surface area contributed by atoms with Gasteiger partial charge in [0.1, 0.15) is 0 Å². The SMILES string of the molecule is COC(=O)SCCN(C)c1ccc(/C=C/C23OCCN2c2ccccc2C3(C)C)cc1. The van der Waals surface area contributed by atoms with Crippen LogP contribution in [0.5, 0.6) is 0 Å². The van der Waals surface area contributed by atoms with Gasteiger partial charge in [0.15, 0.2) is 5.72 Å². The van der Waals surface area contributed by atoms with E-state index in [1.54, 1.807) is 0 Å². The van der Waals surface area contributed by atoms with Crippen molar-refractivity contribution in [1.82, 2.24) is 0 Å². The normalized spacial score (nSPS) is 21.2. The summed E-state index contributed by atoms with van der Waals surface area (Å²) in [5.41, 5.74) is 4.26. The summed E-state index contributed by atoms with van der Waals surface area (Å²) in [5.74, 6) is 0.691. The van der Waals surface area contributed by atoms with E-state index in [0.29, 0.717) is 5.75 Å². The molecule has 6 heteroatoms. The minimum Gasteiger partial charge on any atom is -0.461 e. The molecular weight excluding hydrogens is 408 g/mol. The predicted molar refractivity (Wildman–Crippen MR) is 129 cm³/mol. The van der Waals surface area contributed by atoms with Gasteiger partial charge in [-0.3, -0.25) is 0 Å². The van der Waals surface area contributed by atoms with Crippen molar-refractivity contribution in [3.8, 4) is 0 Å². The first kappa shape index (κ1) is 21.8. The zero-order valence-corrected chi connectivity index (χ0v) is 19.4. The number of para-hydroxylation sites is 1. The maximum absolute atomic E-state index is 11.3. The average molecular weight is 439 g/mol. The molecule has 0 amide bonds. The Labute approximate surface area is 189 Å². The first-order valence-electron chi connectivity index (χ1n) is 10.6. The van der Waals surface area contributed by atoms with Crippen molar-refractivity contribution in [1.29, 1.82) is 0 Å². The lowest BCUT2D eigenvalue weighted by Gasteiger charge is -2.39. The summed E-state index contributed by atoms with van der Waals surface area (Å²) in [6.45, 7) is 6.94. The quantitative estimate of drug-likeness (QED) is 0.581. The molecule has 1 fully saturated rings. The van der Waals surface area contributed by atoms with Gasteiger partial charge >= 0.3 is 5.30 Å². The Hall–Kier alpha value is -2.44. The van der Waals surface area contributed by atoms with E-state index in [1.807, 2.05) is 7.05 Å². The summed E-state index contributed by atoms with van der Waals surface area (Å²) in [6.07, 6.45) is 4.40. The summed E-state index contributed by atoms with van der Waals surface area (Å²) in [7, 11) is 3.44. The van der Waals surface area contributed by atoms with E-state index in [4.69, 9.17) is 4.74 Å². The van der Waals surface area contributed by atoms with Crippen LogP contribution in [0.15, 0.2) is 54.6 Å². The van der Waals surface area contributed by atoms with E-state index < -0.39 is 5.72 Å². The van der Waals surface area contributed by atoms with E-state index >= 15 is 0 Å². The number of benzene rings is 2. The zero-order valence-electron chi connectivity index (χ0n) is 18.6. The standard InChI is InChI=1S/C25H30N2O3S/c1-24(2)21-7-5-6-8-22(21)27-15-17-30-25(24,27)14-13-19-9-11-20(12-10-19)26(3)16-18-31-23(28)29-4/h5-14H,15-18H2,1-4H3/b14-13+. The van der Waals surface area contributed by atoms with Crippen molar-refractivity contribution >= 4 is 34.5 Å². The Bertz CT molecular complexity index is 973. The molecule has 2 aromatic carbocycles. The van der Waals surface area contributed by atoms with Gasteiger partial charge in [-0.1, -0.05) is 50.3 Å². The van der Waals surface area contributed by atoms with Crippen LogP contribution in [0.3, 0.4) is 0 Å². The zero-order chi connectivity index (χ0) is 22.1. The molecule has 0 bridgehead atoms. The molecule has 2 aliphatic heterocycles. The van der Waals surface area contributed by atoms with Crippen LogP contribution in [-0.2, 0) is 14.9 Å². The van der Waals surface area contributed by atoms with Crippen molar-refractivity contribution in [2.75, 3.05) is 49.4 Å². The van der Waals surface area contributed by atoms with Crippen LogP contribution in [0.4, 0.5) is 16.2 Å². The largest absolute Gasteiger partial charge is 0.461 e. The van der Waals surface area contributed by atoms with Gasteiger partial charge in [0, 0.05) is 42.7 Å². The fraction of sp³-hybridized carbons (Fsp3) is 0.400. The van der Waals surface area contributed by atoms with Gasteiger partial charge in [-0.2, -0.15) is 0 Å². The van der Waals surface area contributed by atoms with Gasteiger partial charge in [-0.25, -0.2) is 4.79 Å². The lowest BCUT2D eigenvalue weighted by Crippen LogP contribution is -2.51. The molecule has 1 atom stereocenters. The Morgan fingerprint density at radius 3 is 2.71 bits per heavy atom. The molecule has 0 spiro atoms. The number of hydrogen-bond donors (Lipinski definition) is 0. The highest BCUT2D eigenvalue weighted by Crippen LogP contribution is 2.54. The highest BCUT2D eigenvalue weighted by atomic mass is 32.2. The number of fused-ring (bicyclic) bond motifs is 3. The number of carbonyl (C=O) groups is 1. The van der Waals surface area contributed by atoms with Crippen LogP contribution >= 0.6 is 11.8 Å². The van der Waals surface area contributed by atoms with E-state index in [2.05, 4.69) is 89.1 Å². The molecule has 1 unspecified atom stereocenters. The Morgan fingerprint density at radius 2 is 1.97 bits per heavy atom. The van der Waals surface area contributed by atoms with Crippen LogP contribution < -0.4 is 9.80 Å². The second-order valence-corrected chi connectivity index (χ2v) is 9.52. The lowest BCUT2D eigenvalue weighted by atomic mass is 9.77. The van der Waals surface area contributed by atoms with Gasteiger partial charge in [-0.05, 0) is 47.2 Å². The van der Waals surface area contributed by atoms with Crippen molar-refractivity contribution in [3.63, 3.8) is 0 Å². The summed E-state index contributed by atoms with van der Waals surface area (Å²) in [5, 5.41) is -0.242. The van der Waals surface area contributed by atoms with Crippen LogP contribution in [-0.4, -0.2) is 50.6 Å². The maximum Gasteiger partial charge on any atom is 0.367 e. The smallest absolute Gasteiger partial charge is 0.367 e. The van der Waals surface area contributed by atoms with Gasteiger partial charge in [0.05, 0.1) is 13.7 Å². The molecule has 164 valence electrons. The summed E-state index contributed by atoms with van der Waals surface area (Å²) in [6, 6.07) is 17.1. The molecule has 5 nitrogen and oxygen atoms in total. The number of hydrogen-bond acceptors (Lipinski definition) is 6. The molecule has 0 aliphatic carbocycles. The second-order valence-electron chi connectivity index (χ2n) is 8.49. The van der Waals surface area contributed by atoms with Crippen molar-refractivity contribution < 1.29 is 14.3 Å². The number of rotatable bonds is 6. The third-order valence-corrected chi connectivity index (χ3v) is 7.24. The molecule has 4 rings (SSSR count). The van der Waals surface area contributed by atoms with Gasteiger partial charge < -0.3 is 19.3 Å². The molecule has 0 N–H and O–H groups in total. The highest BCUT2D eigenvalue weighted by molar-refractivity contribution is 8.13. The van der Waals surface area contributed by atoms with E-state index in [0.717, 1.165) is 30.9 Å². The topological polar surface area (TPSA) is 42.0 Å². The molecule has 2 aliphatic rings. The Balaban J connectivity index is 1.48. The first-order chi connectivity index (χ1) is 14.9. The van der Waals surface area contributed by atoms with Crippen molar-refractivity contribution in [2.45, 2.75) is 25.0 Å². The predicted octanol–water partition coefficient (Wildman–Crippen LogP) is 5.16. The Kier molecular flexibility index (Phi) is 6.04. The lowest BCUT2D eigenvalue weighted by molar-refractivity contribution is 0.000337. The fourth-order valence-electron chi connectivity index (χ4n) is 4.63. The summed E-state index contributed by atoms with van der Waals surface area (Å²) < 4.78 is 11.1. The molecule has 1 saturated heterocycles. The molecular formula is C25H30N2O3S. The minimum absolute atomic E-state index is 0.145. The van der Waals surface area contributed by atoms with Crippen LogP contribution in [0, 0.1) is 0 Å². The number of methoxy groups -OCH3 is 1. The molecule has 0 aromatic heterocycles. The summed E-state index contributed by atoms with van der Waals surface area (Å²) in [4.78, 5) is 15.8. The molecule has 0 saturated carbocycles. The molecule has 2 aromatic rings. The number of carbonyl (C=O) groups excluding carboxylic acids is 1. The summed E-state index contributed by atoms with van der Waals surface area (Å²) >= 11 is 1.19. The number of ether oxygens (including phenoxy) is 2. The third-order valence-electron chi connectivity index (χ3n) is 6.45. The molecule has 2 heterocycles. The fourth-order valence-corrected chi connectivity index (χ4v) is 5.28. The maximum atomic E-state index is 11.3. The van der Waals surface area contributed by atoms with Crippen LogP contribution in [0.2, 0.25) is 0 Å². The van der Waals surface area contributed by atoms with Crippen molar-refractivity contribution in [3.05, 3.63) is 65.7 Å². The van der Waals surface area contributed by atoms with E-state index in [9.17, 15) is 4.79 Å². The third kappa shape index (κ3) is 3.83. The van der Waals surface area contributed by atoms with E-state index in [-0.39, 0.29) is 10.7 Å². The van der Waals surface area contributed by atoms with Gasteiger partial charge in [0.2, 0.25) is 0 Å². The molecule has 0 radical (unpaired) electrons. The average Bonchev–Trinajstić information content (AvgIpc) is 3.29. The van der Waals surface area contributed by atoms with Crippen LogP contribution in [0.25, 0.3) is 6.08 Å². The van der Waals surface area contributed by atoms with Crippen molar-refractivity contribution in [2.24, 2.45) is 0 Å². The molecule has 31 heavy (non-hydrogen) atoms. The van der Waals surface area contributed by atoms with Gasteiger partial charge in [0.25, 0.3) is 0 Å². The second kappa shape index (κ2) is 8.60. The number of anilines is 2. The number of thioether (sulfide) groups is 1. The highest BCUT2D eigenvalue weighted by Gasteiger charge is 2.58. The Morgan fingerprint density at radius 1 is 1.23 bits per heavy atom. The van der Waals surface area contributed by atoms with Crippen LogP contribution in [0.1, 0.15) is 25.0 Å². The first-order valence-corrected chi connectivity index (χ1v) is 11.6. The monoisotopic (exact) mass is 438 g/mol. The minimum atomic E-state index is -0.461.